The SMILES string of the molecule is CCNC(=NCc1ccc(Cl)cc1Cl)NCC(C)(C)C(N)=O.I. The van der Waals surface area contributed by atoms with Gasteiger partial charge in [-0.1, -0.05) is 29.3 Å². The number of carbonyl (C=O) groups excluding carboxylic acids is 1. The number of aliphatic imine (C=N–C) groups is 1. The third-order valence-corrected chi connectivity index (χ3v) is 3.72. The molecule has 0 saturated heterocycles. The van der Waals surface area contributed by atoms with Crippen molar-refractivity contribution in [1.29, 1.82) is 0 Å². The topological polar surface area (TPSA) is 79.5 Å². The van der Waals surface area contributed by atoms with Crippen molar-refractivity contribution in [1.82, 2.24) is 10.6 Å². The Morgan fingerprint density at radius 3 is 2.48 bits per heavy atom. The number of halogens is 3. The number of primary amides is 1. The second kappa shape index (κ2) is 10.2. The zero-order chi connectivity index (χ0) is 16.8. The van der Waals surface area contributed by atoms with E-state index >= 15 is 0 Å². The van der Waals surface area contributed by atoms with E-state index in [9.17, 15) is 4.79 Å². The van der Waals surface area contributed by atoms with Gasteiger partial charge >= 0.3 is 0 Å². The molecule has 1 aromatic carbocycles. The van der Waals surface area contributed by atoms with E-state index in [1.54, 1.807) is 26.0 Å². The molecule has 0 aliphatic carbocycles. The van der Waals surface area contributed by atoms with Gasteiger partial charge in [0.1, 0.15) is 0 Å². The van der Waals surface area contributed by atoms with Gasteiger partial charge in [-0.05, 0) is 38.5 Å². The van der Waals surface area contributed by atoms with Crippen LogP contribution in [0, 0.1) is 5.41 Å². The molecule has 0 atom stereocenters. The summed E-state index contributed by atoms with van der Waals surface area (Å²) in [6.45, 7) is 7.03. The van der Waals surface area contributed by atoms with Crippen molar-refractivity contribution in [3.05, 3.63) is 33.8 Å². The van der Waals surface area contributed by atoms with Crippen LogP contribution in [0.25, 0.3) is 0 Å². The van der Waals surface area contributed by atoms with Crippen LogP contribution in [0.3, 0.4) is 0 Å². The van der Waals surface area contributed by atoms with Crippen LogP contribution in [-0.2, 0) is 11.3 Å². The Kier molecular flexibility index (Phi) is 9.88. The van der Waals surface area contributed by atoms with Gasteiger partial charge in [0.15, 0.2) is 5.96 Å². The minimum atomic E-state index is -0.659. The predicted octanol–water partition coefficient (Wildman–Crippen LogP) is 3.18. The third-order valence-electron chi connectivity index (χ3n) is 3.13. The molecule has 8 heteroatoms. The normalized spacial score (nSPS) is 11.6. The van der Waals surface area contributed by atoms with Gasteiger partial charge in [-0.25, -0.2) is 4.99 Å². The first-order chi connectivity index (χ1) is 10.3. The van der Waals surface area contributed by atoms with Crippen LogP contribution in [-0.4, -0.2) is 25.0 Å². The molecule has 0 unspecified atom stereocenters. The second-order valence-electron chi connectivity index (χ2n) is 5.53. The van der Waals surface area contributed by atoms with Crippen LogP contribution in [0.1, 0.15) is 26.3 Å². The summed E-state index contributed by atoms with van der Waals surface area (Å²) in [4.78, 5) is 15.8. The van der Waals surface area contributed by atoms with Gasteiger partial charge in [0.05, 0.1) is 12.0 Å². The Bertz CT molecular complexity index is 564. The summed E-state index contributed by atoms with van der Waals surface area (Å²) >= 11 is 12.0. The lowest BCUT2D eigenvalue weighted by Gasteiger charge is -2.22. The van der Waals surface area contributed by atoms with Gasteiger partial charge < -0.3 is 16.4 Å². The van der Waals surface area contributed by atoms with E-state index in [4.69, 9.17) is 28.9 Å². The molecular weight excluding hydrogens is 450 g/mol. The van der Waals surface area contributed by atoms with Gasteiger partial charge in [0.25, 0.3) is 0 Å². The summed E-state index contributed by atoms with van der Waals surface area (Å²) in [5.74, 6) is 0.236. The van der Waals surface area contributed by atoms with Crippen molar-refractivity contribution >= 4 is 59.0 Å². The lowest BCUT2D eigenvalue weighted by molar-refractivity contribution is -0.125. The average molecular weight is 473 g/mol. The van der Waals surface area contributed by atoms with Crippen LogP contribution < -0.4 is 16.4 Å². The van der Waals surface area contributed by atoms with E-state index in [1.807, 2.05) is 13.0 Å². The van der Waals surface area contributed by atoms with Gasteiger partial charge in [0.2, 0.25) is 5.91 Å². The van der Waals surface area contributed by atoms with Gasteiger partial charge in [-0.3, -0.25) is 4.79 Å². The Labute approximate surface area is 164 Å². The molecule has 0 saturated carbocycles. The zero-order valence-corrected chi connectivity index (χ0v) is 17.3. The molecule has 130 valence electrons. The first-order valence-electron chi connectivity index (χ1n) is 7.02. The van der Waals surface area contributed by atoms with Crippen molar-refractivity contribution in [3.63, 3.8) is 0 Å². The minimum Gasteiger partial charge on any atom is -0.369 e. The Balaban J connectivity index is 0.00000484. The number of rotatable bonds is 6. The fourth-order valence-electron chi connectivity index (χ4n) is 1.55. The van der Waals surface area contributed by atoms with Crippen LogP contribution in [0.4, 0.5) is 0 Å². The summed E-state index contributed by atoms with van der Waals surface area (Å²) < 4.78 is 0. The first-order valence-corrected chi connectivity index (χ1v) is 7.78. The molecule has 0 fully saturated rings. The maximum absolute atomic E-state index is 11.3. The number of guanidine groups is 1. The molecule has 4 N–H and O–H groups in total. The summed E-state index contributed by atoms with van der Waals surface area (Å²) in [5, 5.41) is 7.39. The summed E-state index contributed by atoms with van der Waals surface area (Å²) in [5.41, 5.74) is 5.57. The molecule has 5 nitrogen and oxygen atoms in total. The number of amides is 1. The molecule has 1 aromatic rings. The molecule has 0 aliphatic heterocycles. The smallest absolute Gasteiger partial charge is 0.224 e. The van der Waals surface area contributed by atoms with Gasteiger partial charge in [-0.15, -0.1) is 24.0 Å². The highest BCUT2D eigenvalue weighted by Gasteiger charge is 2.24. The highest BCUT2D eigenvalue weighted by Crippen LogP contribution is 2.21. The number of carbonyl (C=O) groups is 1. The maximum Gasteiger partial charge on any atom is 0.224 e. The van der Waals surface area contributed by atoms with Gasteiger partial charge in [-0.2, -0.15) is 0 Å². The second-order valence-corrected chi connectivity index (χ2v) is 6.38. The van der Waals surface area contributed by atoms with Crippen molar-refractivity contribution in [2.75, 3.05) is 13.1 Å². The van der Waals surface area contributed by atoms with E-state index < -0.39 is 5.41 Å². The largest absolute Gasteiger partial charge is 0.369 e. The van der Waals surface area contributed by atoms with Crippen molar-refractivity contribution in [3.8, 4) is 0 Å². The first kappa shape index (κ1) is 22.3. The van der Waals surface area contributed by atoms with Crippen molar-refractivity contribution < 1.29 is 4.79 Å². The molecule has 0 aromatic heterocycles. The number of hydrogen-bond donors (Lipinski definition) is 3. The van der Waals surface area contributed by atoms with Crippen LogP contribution in [0.2, 0.25) is 10.0 Å². The highest BCUT2D eigenvalue weighted by atomic mass is 127. The van der Waals surface area contributed by atoms with E-state index in [2.05, 4.69) is 15.6 Å². The molecule has 0 bridgehead atoms. The summed E-state index contributed by atoms with van der Waals surface area (Å²) in [7, 11) is 0. The van der Waals surface area contributed by atoms with Crippen LogP contribution in [0.5, 0.6) is 0 Å². The predicted molar refractivity (Wildman–Crippen MR) is 108 cm³/mol. The molecule has 0 aliphatic rings. The molecule has 23 heavy (non-hydrogen) atoms. The minimum absolute atomic E-state index is 0. The standard InChI is InChI=1S/C15H22Cl2N4O.HI/c1-4-19-14(21-9-15(2,3)13(18)22)20-8-10-5-6-11(16)7-12(10)17;/h5-7H,4,8-9H2,1-3H3,(H2,18,22)(H2,19,20,21);1H. The monoisotopic (exact) mass is 472 g/mol. The maximum atomic E-state index is 11.3. The molecule has 0 radical (unpaired) electrons. The quantitative estimate of drug-likeness (QED) is 0.338. The van der Waals surface area contributed by atoms with Crippen molar-refractivity contribution in [2.45, 2.75) is 27.3 Å². The number of nitrogens with zero attached hydrogens (tertiary/aromatic N) is 1. The van der Waals surface area contributed by atoms with Gasteiger partial charge in [0, 0.05) is 23.1 Å². The molecule has 1 rings (SSSR count). The van der Waals surface area contributed by atoms with Crippen molar-refractivity contribution in [2.24, 2.45) is 16.1 Å². The third kappa shape index (κ3) is 7.58. The van der Waals surface area contributed by atoms with E-state index in [1.165, 1.54) is 0 Å². The van der Waals surface area contributed by atoms with E-state index in [0.717, 1.165) is 5.56 Å². The van der Waals surface area contributed by atoms with Crippen LogP contribution >= 0.6 is 47.2 Å². The molecule has 1 amide bonds. The average Bonchev–Trinajstić information content (AvgIpc) is 2.43. The summed E-state index contributed by atoms with van der Waals surface area (Å²) in [6, 6.07) is 5.30. The molecule has 0 spiro atoms. The summed E-state index contributed by atoms with van der Waals surface area (Å²) in [6.07, 6.45) is 0. The fraction of sp³-hybridized carbons (Fsp3) is 0.467. The number of nitrogens with two attached hydrogens (primary N) is 1. The Morgan fingerprint density at radius 1 is 1.30 bits per heavy atom. The zero-order valence-electron chi connectivity index (χ0n) is 13.5. The number of nitrogens with one attached hydrogen (secondary N) is 2. The highest BCUT2D eigenvalue weighted by molar-refractivity contribution is 14.0. The molecular formula is C15H23Cl2IN4O. The van der Waals surface area contributed by atoms with E-state index in [-0.39, 0.29) is 29.9 Å². The fourth-order valence-corrected chi connectivity index (χ4v) is 2.02. The Morgan fingerprint density at radius 2 is 1.96 bits per heavy atom. The Hall–Kier alpha value is -0.730. The number of hydrogen-bond acceptors (Lipinski definition) is 2. The lowest BCUT2D eigenvalue weighted by atomic mass is 9.93. The van der Waals surface area contributed by atoms with E-state index in [0.29, 0.717) is 35.6 Å². The van der Waals surface area contributed by atoms with Crippen LogP contribution in [0.15, 0.2) is 23.2 Å². The molecule has 0 heterocycles. The number of benzene rings is 1. The lowest BCUT2D eigenvalue weighted by Crippen LogP contribution is -2.46.